The molecule has 0 radical (unpaired) electrons. The minimum atomic E-state index is 0.00277. The summed E-state index contributed by atoms with van der Waals surface area (Å²) in [6, 6.07) is 9.59. The molecule has 0 fully saturated rings. The molecule has 0 amide bonds. The number of hydrogen-bond donors (Lipinski definition) is 2. The predicted octanol–water partition coefficient (Wildman–Crippen LogP) is 2.41. The van der Waals surface area contributed by atoms with Crippen LogP contribution in [0.1, 0.15) is 11.3 Å². The minimum Gasteiger partial charge on any atom is -0.326 e. The lowest BCUT2D eigenvalue weighted by Gasteiger charge is -2.07. The number of nitrogens with zero attached hydrogens (tertiary/aromatic N) is 3. The molecule has 0 aliphatic heterocycles. The van der Waals surface area contributed by atoms with E-state index >= 15 is 0 Å². The van der Waals surface area contributed by atoms with Crippen LogP contribution in [0.4, 0.5) is 11.6 Å². The highest BCUT2D eigenvalue weighted by molar-refractivity contribution is 7.13. The fourth-order valence-electron chi connectivity index (χ4n) is 2.16. The third kappa shape index (κ3) is 3.15. The molecule has 3 N–H and O–H groups in total. The zero-order valence-corrected chi connectivity index (χ0v) is 13.7. The molecule has 2 aromatic heterocycles. The predicted molar refractivity (Wildman–Crippen MR) is 92.9 cm³/mol. The van der Waals surface area contributed by atoms with Crippen LogP contribution in [0.15, 0.2) is 41.3 Å². The van der Waals surface area contributed by atoms with E-state index in [9.17, 15) is 4.79 Å². The van der Waals surface area contributed by atoms with Crippen LogP contribution in [-0.2, 0) is 13.6 Å². The number of benzene rings is 1. The van der Waals surface area contributed by atoms with Crippen molar-refractivity contribution in [3.05, 3.63) is 57.5 Å². The van der Waals surface area contributed by atoms with E-state index in [0.29, 0.717) is 12.5 Å². The first kappa shape index (κ1) is 15.4. The third-order valence-corrected chi connectivity index (χ3v) is 4.79. The van der Waals surface area contributed by atoms with Crippen molar-refractivity contribution < 1.29 is 0 Å². The number of nitrogens with two attached hydrogens (primary N) is 1. The van der Waals surface area contributed by atoms with Gasteiger partial charge in [-0.15, -0.1) is 0 Å². The molecule has 0 saturated carbocycles. The Hall–Kier alpha value is -2.51. The SMILES string of the molecule is Cc1c(-c2ccnc(Nc3ccc(CN)cc3)n2)sc(=O)n1C. The Balaban J connectivity index is 1.90. The van der Waals surface area contributed by atoms with E-state index in [1.165, 1.54) is 11.3 Å². The van der Waals surface area contributed by atoms with Gasteiger partial charge in [-0.3, -0.25) is 4.79 Å². The molecule has 0 atom stereocenters. The van der Waals surface area contributed by atoms with Crippen molar-refractivity contribution in [3.63, 3.8) is 0 Å². The van der Waals surface area contributed by atoms with Crippen LogP contribution in [0.3, 0.4) is 0 Å². The van der Waals surface area contributed by atoms with Crippen LogP contribution in [-0.4, -0.2) is 14.5 Å². The maximum atomic E-state index is 11.8. The van der Waals surface area contributed by atoms with Crippen molar-refractivity contribution in [3.8, 4) is 10.6 Å². The molecule has 0 aliphatic rings. The molecule has 0 aliphatic carbocycles. The molecular weight excluding hydrogens is 310 g/mol. The molecule has 0 bridgehead atoms. The van der Waals surface area contributed by atoms with Crippen molar-refractivity contribution in [2.75, 3.05) is 5.32 Å². The normalized spacial score (nSPS) is 10.7. The third-order valence-electron chi connectivity index (χ3n) is 3.63. The zero-order chi connectivity index (χ0) is 16.4. The second-order valence-electron chi connectivity index (χ2n) is 5.13. The maximum Gasteiger partial charge on any atom is 0.307 e. The molecule has 1 aromatic carbocycles. The molecule has 3 aromatic rings. The van der Waals surface area contributed by atoms with Crippen LogP contribution >= 0.6 is 11.3 Å². The lowest BCUT2D eigenvalue weighted by Crippen LogP contribution is -2.08. The molecule has 3 rings (SSSR count). The number of thiazole rings is 1. The minimum absolute atomic E-state index is 0.00277. The van der Waals surface area contributed by atoms with Crippen molar-refractivity contribution in [1.29, 1.82) is 0 Å². The average Bonchev–Trinajstić information content (AvgIpc) is 2.83. The first-order valence-electron chi connectivity index (χ1n) is 7.14. The van der Waals surface area contributed by atoms with Gasteiger partial charge in [0.05, 0.1) is 10.6 Å². The largest absolute Gasteiger partial charge is 0.326 e. The number of rotatable bonds is 4. The molecule has 118 valence electrons. The first-order valence-corrected chi connectivity index (χ1v) is 7.96. The summed E-state index contributed by atoms with van der Waals surface area (Å²) in [6.45, 7) is 2.42. The second-order valence-corrected chi connectivity index (χ2v) is 6.09. The fourth-order valence-corrected chi connectivity index (χ4v) is 3.11. The summed E-state index contributed by atoms with van der Waals surface area (Å²) >= 11 is 1.19. The van der Waals surface area contributed by atoms with Crippen LogP contribution in [0.2, 0.25) is 0 Å². The van der Waals surface area contributed by atoms with Crippen molar-refractivity contribution in [1.82, 2.24) is 14.5 Å². The van der Waals surface area contributed by atoms with Gasteiger partial charge in [0.1, 0.15) is 0 Å². The van der Waals surface area contributed by atoms with E-state index in [-0.39, 0.29) is 4.87 Å². The smallest absolute Gasteiger partial charge is 0.307 e. The summed E-state index contributed by atoms with van der Waals surface area (Å²) in [5.74, 6) is 0.492. The van der Waals surface area contributed by atoms with Gasteiger partial charge < -0.3 is 15.6 Å². The summed E-state index contributed by atoms with van der Waals surface area (Å²) in [4.78, 5) is 21.4. The van der Waals surface area contributed by atoms with Crippen LogP contribution < -0.4 is 15.9 Å². The highest BCUT2D eigenvalue weighted by atomic mass is 32.1. The van der Waals surface area contributed by atoms with Gasteiger partial charge in [0.25, 0.3) is 0 Å². The Bertz CT molecular complexity index is 882. The Kier molecular flexibility index (Phi) is 4.22. The van der Waals surface area contributed by atoms with Crippen LogP contribution in [0.25, 0.3) is 10.6 Å². The van der Waals surface area contributed by atoms with Gasteiger partial charge in [-0.2, -0.15) is 0 Å². The standard InChI is InChI=1S/C16H17N5OS/c1-10-14(23-16(22)21(10)2)13-7-8-18-15(20-13)19-12-5-3-11(9-17)4-6-12/h3-8H,9,17H2,1-2H3,(H,18,19,20). The van der Waals surface area contributed by atoms with Gasteiger partial charge in [-0.05, 0) is 30.7 Å². The topological polar surface area (TPSA) is 85.8 Å². The molecule has 6 nitrogen and oxygen atoms in total. The highest BCUT2D eigenvalue weighted by Crippen LogP contribution is 2.25. The molecule has 0 spiro atoms. The number of aromatic nitrogens is 3. The van der Waals surface area contributed by atoms with Crippen molar-refractivity contribution in [2.24, 2.45) is 12.8 Å². The number of anilines is 2. The molecule has 7 heteroatoms. The Labute approximate surface area is 137 Å². The Morgan fingerprint density at radius 1 is 1.26 bits per heavy atom. The van der Waals surface area contributed by atoms with Gasteiger partial charge in [-0.25, -0.2) is 9.97 Å². The Morgan fingerprint density at radius 2 is 2.00 bits per heavy atom. The van der Waals surface area contributed by atoms with Gasteiger partial charge in [0.15, 0.2) is 0 Å². The van der Waals surface area contributed by atoms with Crippen LogP contribution in [0, 0.1) is 6.92 Å². The van der Waals surface area contributed by atoms with Gasteiger partial charge in [-0.1, -0.05) is 23.5 Å². The quantitative estimate of drug-likeness (QED) is 0.768. The van der Waals surface area contributed by atoms with Crippen molar-refractivity contribution in [2.45, 2.75) is 13.5 Å². The lowest BCUT2D eigenvalue weighted by molar-refractivity contribution is 0.854. The molecular formula is C16H17N5OS. The average molecular weight is 327 g/mol. The molecule has 23 heavy (non-hydrogen) atoms. The second kappa shape index (κ2) is 6.31. The summed E-state index contributed by atoms with van der Waals surface area (Å²) in [5.41, 5.74) is 9.18. The zero-order valence-electron chi connectivity index (χ0n) is 12.9. The Morgan fingerprint density at radius 3 is 2.61 bits per heavy atom. The van der Waals surface area contributed by atoms with Gasteiger partial charge in [0.2, 0.25) is 5.95 Å². The van der Waals surface area contributed by atoms with E-state index in [1.54, 1.807) is 23.9 Å². The summed E-state index contributed by atoms with van der Waals surface area (Å²) in [6.07, 6.45) is 1.68. The summed E-state index contributed by atoms with van der Waals surface area (Å²) < 4.78 is 1.63. The molecule has 2 heterocycles. The monoisotopic (exact) mass is 327 g/mol. The number of hydrogen-bond acceptors (Lipinski definition) is 6. The van der Waals surface area contributed by atoms with E-state index < -0.39 is 0 Å². The van der Waals surface area contributed by atoms with Crippen molar-refractivity contribution >= 4 is 23.0 Å². The summed E-state index contributed by atoms with van der Waals surface area (Å²) in [5, 5.41) is 3.16. The van der Waals surface area contributed by atoms with E-state index in [4.69, 9.17) is 5.73 Å². The maximum absolute atomic E-state index is 11.8. The van der Waals surface area contributed by atoms with Crippen LogP contribution in [0.5, 0.6) is 0 Å². The van der Waals surface area contributed by atoms with E-state index in [0.717, 1.165) is 27.5 Å². The van der Waals surface area contributed by atoms with Gasteiger partial charge in [0, 0.05) is 31.2 Å². The first-order chi connectivity index (χ1) is 11.1. The van der Waals surface area contributed by atoms with E-state index in [2.05, 4.69) is 15.3 Å². The summed E-state index contributed by atoms with van der Waals surface area (Å²) in [7, 11) is 1.76. The van der Waals surface area contributed by atoms with E-state index in [1.807, 2.05) is 31.2 Å². The fraction of sp³-hybridized carbons (Fsp3) is 0.188. The van der Waals surface area contributed by atoms with Gasteiger partial charge >= 0.3 is 4.87 Å². The molecule has 0 saturated heterocycles. The lowest BCUT2D eigenvalue weighted by atomic mass is 10.2. The highest BCUT2D eigenvalue weighted by Gasteiger charge is 2.12. The molecule has 0 unspecified atom stereocenters. The number of nitrogens with one attached hydrogen (secondary N) is 1.